The van der Waals surface area contributed by atoms with Gasteiger partial charge in [0.25, 0.3) is 0 Å². The fourth-order valence-corrected chi connectivity index (χ4v) is 2.74. The molecule has 3 atom stereocenters. The number of hydrogen-bond acceptors (Lipinski definition) is 7. The quantitative estimate of drug-likeness (QED) is 0.824. The molecule has 2 rings (SSSR count). The number of anilines is 2. The number of hydrogen-bond donors (Lipinski definition) is 2. The highest BCUT2D eigenvalue weighted by molar-refractivity contribution is 5.33. The smallest absolute Gasteiger partial charge is 0.229 e. The molecule has 1 aromatic rings. The molecule has 1 saturated carbocycles. The molecule has 1 heterocycles. The minimum Gasteiger partial charge on any atom is -0.393 e. The Hall–Kier alpha value is -1.47. The van der Waals surface area contributed by atoms with Gasteiger partial charge in [0.15, 0.2) is 5.82 Å². The third-order valence-electron chi connectivity index (χ3n) is 4.23. The molecule has 0 aliphatic heterocycles. The van der Waals surface area contributed by atoms with Crippen molar-refractivity contribution >= 4 is 11.9 Å². The van der Waals surface area contributed by atoms with Crippen molar-refractivity contribution in [1.29, 1.82) is 0 Å². The van der Waals surface area contributed by atoms with E-state index in [-0.39, 0.29) is 18.1 Å². The molecule has 0 saturated heterocycles. The van der Waals surface area contributed by atoms with Gasteiger partial charge in [-0.15, -0.1) is 0 Å². The van der Waals surface area contributed by atoms with Gasteiger partial charge in [0.2, 0.25) is 11.9 Å². The highest BCUT2D eigenvalue weighted by Gasteiger charge is 2.28. The van der Waals surface area contributed by atoms with E-state index in [0.717, 1.165) is 25.8 Å². The lowest BCUT2D eigenvalue weighted by atomic mass is 10.0. The number of aliphatic hydroxyl groups excluding tert-OH is 1. The van der Waals surface area contributed by atoms with E-state index in [1.807, 2.05) is 26.0 Å². The molecule has 21 heavy (non-hydrogen) atoms. The average molecular weight is 294 g/mol. The van der Waals surface area contributed by atoms with Gasteiger partial charge in [0.05, 0.1) is 12.1 Å². The predicted octanol–water partition coefficient (Wildman–Crippen LogP) is 0.674. The van der Waals surface area contributed by atoms with Crippen molar-refractivity contribution in [2.75, 3.05) is 38.3 Å². The third-order valence-corrected chi connectivity index (χ3v) is 4.23. The summed E-state index contributed by atoms with van der Waals surface area (Å²) in [5, 5.41) is 9.96. The lowest BCUT2D eigenvalue weighted by molar-refractivity contribution is 0.0977. The number of rotatable bonds is 5. The van der Waals surface area contributed by atoms with Gasteiger partial charge >= 0.3 is 0 Å². The third kappa shape index (κ3) is 3.79. The molecular weight excluding hydrogens is 268 g/mol. The summed E-state index contributed by atoms with van der Waals surface area (Å²) in [6, 6.07) is 0.0294. The summed E-state index contributed by atoms with van der Waals surface area (Å²) in [5.74, 6) is 1.81. The lowest BCUT2D eigenvalue weighted by Crippen LogP contribution is -2.33. The van der Waals surface area contributed by atoms with Gasteiger partial charge in [-0.05, 0) is 32.7 Å². The second kappa shape index (κ2) is 6.53. The van der Waals surface area contributed by atoms with Crippen molar-refractivity contribution in [3.8, 4) is 0 Å². The maximum atomic E-state index is 9.96. The molecule has 1 fully saturated rings. The highest BCUT2D eigenvalue weighted by Crippen LogP contribution is 2.28. The molecule has 3 unspecified atom stereocenters. The van der Waals surface area contributed by atoms with Crippen molar-refractivity contribution in [3.05, 3.63) is 5.82 Å². The molecule has 0 amide bonds. The molecule has 0 aromatic carbocycles. The number of nitrogens with two attached hydrogens (primary N) is 1. The van der Waals surface area contributed by atoms with Crippen LogP contribution >= 0.6 is 0 Å². The van der Waals surface area contributed by atoms with Gasteiger partial charge in [-0.1, -0.05) is 6.42 Å². The fraction of sp³-hybridized carbons (Fsp3) is 0.786. The first-order valence-electron chi connectivity index (χ1n) is 7.45. The summed E-state index contributed by atoms with van der Waals surface area (Å²) in [6.45, 7) is 2.89. The molecule has 1 aliphatic carbocycles. The maximum Gasteiger partial charge on any atom is 0.229 e. The highest BCUT2D eigenvalue weighted by atomic mass is 16.3. The second-order valence-corrected chi connectivity index (χ2v) is 6.12. The fourth-order valence-electron chi connectivity index (χ4n) is 2.74. The number of aliphatic hydroxyl groups is 1. The Morgan fingerprint density at radius 2 is 1.95 bits per heavy atom. The van der Waals surface area contributed by atoms with E-state index in [0.29, 0.717) is 17.7 Å². The van der Waals surface area contributed by atoms with E-state index in [1.54, 1.807) is 0 Å². The van der Waals surface area contributed by atoms with Gasteiger partial charge in [-0.25, -0.2) is 0 Å². The van der Waals surface area contributed by atoms with E-state index < -0.39 is 0 Å². The molecule has 1 aromatic heterocycles. The summed E-state index contributed by atoms with van der Waals surface area (Å²) < 4.78 is 0. The van der Waals surface area contributed by atoms with Crippen LogP contribution in [0.4, 0.5) is 11.9 Å². The van der Waals surface area contributed by atoms with Gasteiger partial charge in [-0.3, -0.25) is 4.90 Å². The van der Waals surface area contributed by atoms with Crippen LogP contribution in [0.3, 0.4) is 0 Å². The van der Waals surface area contributed by atoms with Crippen molar-refractivity contribution in [3.63, 3.8) is 0 Å². The Morgan fingerprint density at radius 1 is 1.24 bits per heavy atom. The summed E-state index contributed by atoms with van der Waals surface area (Å²) in [6.07, 6.45) is 2.93. The van der Waals surface area contributed by atoms with Gasteiger partial charge < -0.3 is 15.7 Å². The Balaban J connectivity index is 2.09. The second-order valence-electron chi connectivity index (χ2n) is 6.12. The molecule has 1 aliphatic rings. The van der Waals surface area contributed by atoms with E-state index >= 15 is 0 Å². The molecule has 3 N–H and O–H groups in total. The SMILES string of the molecule is CC(c1nc(N)nc(N(C)C)n1)N(C)CC1CCCC1O. The maximum absolute atomic E-state index is 9.96. The van der Waals surface area contributed by atoms with Crippen molar-refractivity contribution in [1.82, 2.24) is 19.9 Å². The zero-order valence-electron chi connectivity index (χ0n) is 13.3. The van der Waals surface area contributed by atoms with E-state index in [1.165, 1.54) is 0 Å². The molecule has 0 radical (unpaired) electrons. The van der Waals surface area contributed by atoms with E-state index in [9.17, 15) is 5.11 Å². The monoisotopic (exact) mass is 294 g/mol. The van der Waals surface area contributed by atoms with Crippen LogP contribution in [0.15, 0.2) is 0 Å². The zero-order chi connectivity index (χ0) is 15.6. The molecule has 7 heteroatoms. The number of nitrogen functional groups attached to an aromatic ring is 1. The minimum absolute atomic E-state index is 0.0294. The van der Waals surface area contributed by atoms with Crippen molar-refractivity contribution < 1.29 is 5.11 Å². The Morgan fingerprint density at radius 3 is 2.52 bits per heavy atom. The van der Waals surface area contributed by atoms with E-state index in [2.05, 4.69) is 26.8 Å². The Kier molecular flexibility index (Phi) is 4.95. The van der Waals surface area contributed by atoms with Crippen LogP contribution in [0.2, 0.25) is 0 Å². The standard InChI is InChI=1S/C14H26N6O/c1-9(20(4)8-10-6-5-7-11(10)21)12-16-13(15)18-14(17-12)19(2)3/h9-11,21H,5-8H2,1-4H3,(H2,15,16,17,18). The molecule has 7 nitrogen and oxygen atoms in total. The minimum atomic E-state index is -0.180. The normalized spacial score (nSPS) is 23.5. The number of nitrogens with zero attached hydrogens (tertiary/aromatic N) is 5. The van der Waals surface area contributed by atoms with Crippen LogP contribution in [0.5, 0.6) is 0 Å². The predicted molar refractivity (Wildman–Crippen MR) is 83.0 cm³/mol. The molecule has 118 valence electrons. The largest absolute Gasteiger partial charge is 0.393 e. The van der Waals surface area contributed by atoms with Crippen LogP contribution in [0, 0.1) is 5.92 Å². The first-order valence-corrected chi connectivity index (χ1v) is 7.45. The molecular formula is C14H26N6O. The molecule has 0 bridgehead atoms. The van der Waals surface area contributed by atoms with Gasteiger partial charge in [0, 0.05) is 20.6 Å². The van der Waals surface area contributed by atoms with Gasteiger partial charge in [-0.2, -0.15) is 15.0 Å². The van der Waals surface area contributed by atoms with Crippen molar-refractivity contribution in [2.24, 2.45) is 5.92 Å². The van der Waals surface area contributed by atoms with Crippen LogP contribution in [0.25, 0.3) is 0 Å². The topological polar surface area (TPSA) is 91.4 Å². The first kappa shape index (κ1) is 15.9. The Bertz CT molecular complexity index is 481. The van der Waals surface area contributed by atoms with Crippen LogP contribution < -0.4 is 10.6 Å². The van der Waals surface area contributed by atoms with Crippen LogP contribution in [-0.2, 0) is 0 Å². The molecule has 0 spiro atoms. The summed E-state index contributed by atoms with van der Waals surface area (Å²) in [5.41, 5.74) is 5.77. The van der Waals surface area contributed by atoms with Gasteiger partial charge in [0.1, 0.15) is 0 Å². The summed E-state index contributed by atoms with van der Waals surface area (Å²) in [4.78, 5) is 16.8. The lowest BCUT2D eigenvalue weighted by Gasteiger charge is -2.28. The Labute approximate surface area is 126 Å². The van der Waals surface area contributed by atoms with Crippen molar-refractivity contribution in [2.45, 2.75) is 38.3 Å². The van der Waals surface area contributed by atoms with Crippen LogP contribution in [0.1, 0.15) is 38.1 Å². The number of aromatic nitrogens is 3. The van der Waals surface area contributed by atoms with E-state index in [4.69, 9.17) is 5.73 Å². The van der Waals surface area contributed by atoms with Crippen LogP contribution in [-0.4, -0.2) is 58.8 Å². The first-order chi connectivity index (χ1) is 9.88. The average Bonchev–Trinajstić information content (AvgIpc) is 2.82. The summed E-state index contributed by atoms with van der Waals surface area (Å²) in [7, 11) is 5.79. The summed E-state index contributed by atoms with van der Waals surface area (Å²) >= 11 is 0. The zero-order valence-corrected chi connectivity index (χ0v) is 13.3.